The van der Waals surface area contributed by atoms with E-state index in [9.17, 15) is 14.4 Å². The number of aliphatic carboxylic acids is 1. The number of rotatable bonds is 8. The minimum Gasteiger partial charge on any atom is -0.478 e. The smallest absolute Gasteiger partial charge is 0.328 e. The molecule has 10 nitrogen and oxygen atoms in total. The number of carboxylic acids is 1. The molecular formula is C34H36N6O4. The molecule has 0 unspecified atom stereocenters. The highest BCUT2D eigenvalue weighted by atomic mass is 16.4. The van der Waals surface area contributed by atoms with Gasteiger partial charge in [-0.15, -0.1) is 0 Å². The van der Waals surface area contributed by atoms with Crippen molar-refractivity contribution in [2.45, 2.75) is 43.6 Å². The molecule has 226 valence electrons. The van der Waals surface area contributed by atoms with Crippen molar-refractivity contribution in [3.8, 4) is 11.5 Å². The van der Waals surface area contributed by atoms with Gasteiger partial charge in [-0.05, 0) is 79.8 Å². The van der Waals surface area contributed by atoms with E-state index in [1.54, 1.807) is 36.7 Å². The average Bonchev–Trinajstić information content (AvgIpc) is 3.75. The number of aromatic nitrogens is 3. The van der Waals surface area contributed by atoms with Gasteiger partial charge in [0.1, 0.15) is 5.54 Å². The Kier molecular flexibility index (Phi) is 8.01. The number of nitrogens with one attached hydrogen (secondary N) is 2. The van der Waals surface area contributed by atoms with Crippen LogP contribution in [0.2, 0.25) is 0 Å². The molecule has 0 spiro atoms. The second kappa shape index (κ2) is 12.0. The summed E-state index contributed by atoms with van der Waals surface area (Å²) in [6.45, 7) is 1.03. The molecule has 6 rings (SSSR count). The number of hydrogen-bond donors (Lipinski definition) is 3. The quantitative estimate of drug-likeness (QED) is 0.250. The number of hydrogen-bond acceptors (Lipinski definition) is 6. The van der Waals surface area contributed by atoms with Crippen molar-refractivity contribution in [1.82, 2.24) is 24.8 Å². The van der Waals surface area contributed by atoms with Crippen molar-refractivity contribution in [2.24, 2.45) is 7.05 Å². The number of amides is 2. The van der Waals surface area contributed by atoms with Gasteiger partial charge in [0.05, 0.1) is 5.69 Å². The molecule has 10 heteroatoms. The topological polar surface area (TPSA) is 129 Å². The predicted molar refractivity (Wildman–Crippen MR) is 169 cm³/mol. The first-order valence-electron chi connectivity index (χ1n) is 15.0. The van der Waals surface area contributed by atoms with Crippen LogP contribution in [0.25, 0.3) is 28.5 Å². The second-order valence-electron chi connectivity index (χ2n) is 11.9. The fraction of sp³-hybridized carbons (Fsp3) is 0.324. The molecule has 0 bridgehead atoms. The predicted octanol–water partition coefficient (Wildman–Crippen LogP) is 4.83. The Bertz CT molecular complexity index is 1740. The van der Waals surface area contributed by atoms with Gasteiger partial charge < -0.3 is 25.2 Å². The number of carboxylic acid groups (broad SMARTS) is 1. The van der Waals surface area contributed by atoms with Gasteiger partial charge >= 0.3 is 5.97 Å². The van der Waals surface area contributed by atoms with Crippen LogP contribution in [-0.2, 0) is 16.6 Å². The fourth-order valence-electron chi connectivity index (χ4n) is 6.66. The number of likely N-dealkylation sites (tertiary alicyclic amines) is 1. The molecule has 2 fully saturated rings. The summed E-state index contributed by atoms with van der Waals surface area (Å²) < 4.78 is 2.09. The molecule has 1 aliphatic heterocycles. The first-order valence-corrected chi connectivity index (χ1v) is 15.0. The number of aryl methyl sites for hydroxylation is 1. The lowest BCUT2D eigenvalue weighted by Crippen LogP contribution is -2.58. The number of carbonyl (C=O) groups excluding carboxylic acids is 2. The summed E-state index contributed by atoms with van der Waals surface area (Å²) in [4.78, 5) is 49.5. The van der Waals surface area contributed by atoms with E-state index in [1.165, 1.54) is 24.5 Å². The fourth-order valence-corrected chi connectivity index (χ4v) is 6.66. The lowest BCUT2D eigenvalue weighted by molar-refractivity contribution is -0.131. The number of anilines is 1. The van der Waals surface area contributed by atoms with Crippen LogP contribution >= 0.6 is 0 Å². The third-order valence-corrected chi connectivity index (χ3v) is 8.88. The Labute approximate surface area is 255 Å². The van der Waals surface area contributed by atoms with Crippen LogP contribution in [-0.4, -0.2) is 68.0 Å². The van der Waals surface area contributed by atoms with Gasteiger partial charge in [-0.25, -0.2) is 14.8 Å². The van der Waals surface area contributed by atoms with Crippen molar-refractivity contribution in [1.29, 1.82) is 0 Å². The molecule has 1 atom stereocenters. The van der Waals surface area contributed by atoms with Gasteiger partial charge in [-0.2, -0.15) is 0 Å². The average molecular weight is 593 g/mol. The summed E-state index contributed by atoms with van der Waals surface area (Å²) in [5.41, 5.74) is 3.79. The monoisotopic (exact) mass is 592 g/mol. The van der Waals surface area contributed by atoms with Crippen molar-refractivity contribution >= 4 is 40.4 Å². The van der Waals surface area contributed by atoms with E-state index < -0.39 is 11.5 Å². The SMILES string of the molecule is CN1CC[C@@](NC(=O)c2ccc3c(C4CCCC4)c(-c4ncccn4)n(C)c3c2)(C(=O)Nc2ccc(/C=C/C(=O)O)cc2)C1. The molecule has 2 aromatic heterocycles. The number of fused-ring (bicyclic) bond motifs is 1. The number of nitrogens with zero attached hydrogens (tertiary/aromatic N) is 4. The molecule has 0 radical (unpaired) electrons. The van der Waals surface area contributed by atoms with Crippen LogP contribution < -0.4 is 10.6 Å². The zero-order chi connectivity index (χ0) is 30.8. The van der Waals surface area contributed by atoms with Crippen molar-refractivity contribution in [3.63, 3.8) is 0 Å². The van der Waals surface area contributed by atoms with Gasteiger partial charge in [0.2, 0.25) is 0 Å². The van der Waals surface area contributed by atoms with E-state index in [1.807, 2.05) is 43.3 Å². The Morgan fingerprint density at radius 1 is 1.02 bits per heavy atom. The molecule has 3 N–H and O–H groups in total. The van der Waals surface area contributed by atoms with Gasteiger partial charge in [0, 0.05) is 60.8 Å². The van der Waals surface area contributed by atoms with Crippen LogP contribution in [0, 0.1) is 0 Å². The minimum atomic E-state index is -1.12. The summed E-state index contributed by atoms with van der Waals surface area (Å²) in [5, 5.41) is 16.0. The van der Waals surface area contributed by atoms with Gasteiger partial charge in [-0.3, -0.25) is 9.59 Å². The summed E-state index contributed by atoms with van der Waals surface area (Å²) in [7, 11) is 3.93. The van der Waals surface area contributed by atoms with E-state index in [0.29, 0.717) is 48.1 Å². The molecule has 1 saturated heterocycles. The second-order valence-corrected chi connectivity index (χ2v) is 11.9. The Balaban J connectivity index is 1.28. The third kappa shape index (κ3) is 5.72. The molecule has 4 aromatic rings. The first kappa shape index (κ1) is 29.3. The molecule has 44 heavy (non-hydrogen) atoms. The Hall–Kier alpha value is -4.83. The maximum absolute atomic E-state index is 13.8. The first-order chi connectivity index (χ1) is 21.2. The molecule has 2 amide bonds. The van der Waals surface area contributed by atoms with Crippen LogP contribution in [0.4, 0.5) is 5.69 Å². The Morgan fingerprint density at radius 3 is 2.41 bits per heavy atom. The van der Waals surface area contributed by atoms with E-state index in [2.05, 4.69) is 25.2 Å². The van der Waals surface area contributed by atoms with E-state index in [-0.39, 0.29) is 11.8 Å². The lowest BCUT2D eigenvalue weighted by Gasteiger charge is -2.29. The van der Waals surface area contributed by atoms with Crippen molar-refractivity contribution < 1.29 is 19.5 Å². The summed E-state index contributed by atoms with van der Waals surface area (Å²) in [6.07, 6.45) is 11.2. The molecule has 2 aromatic carbocycles. The maximum Gasteiger partial charge on any atom is 0.328 e. The molecule has 1 aliphatic carbocycles. The normalized spacial score (nSPS) is 19.1. The number of benzene rings is 2. The van der Waals surface area contributed by atoms with Crippen LogP contribution in [0.3, 0.4) is 0 Å². The van der Waals surface area contributed by atoms with Gasteiger partial charge in [-0.1, -0.05) is 31.0 Å². The van der Waals surface area contributed by atoms with Crippen molar-refractivity contribution in [3.05, 3.63) is 83.7 Å². The third-order valence-electron chi connectivity index (χ3n) is 8.88. The Morgan fingerprint density at radius 2 is 1.75 bits per heavy atom. The van der Waals surface area contributed by atoms with E-state index >= 15 is 0 Å². The molecular weight excluding hydrogens is 556 g/mol. The molecule has 1 saturated carbocycles. The summed E-state index contributed by atoms with van der Waals surface area (Å²) in [5.74, 6) is -0.546. The summed E-state index contributed by atoms with van der Waals surface area (Å²) in [6, 6.07) is 14.5. The van der Waals surface area contributed by atoms with Crippen LogP contribution in [0.5, 0.6) is 0 Å². The van der Waals surface area contributed by atoms with Gasteiger partial charge in [0.25, 0.3) is 11.8 Å². The van der Waals surface area contributed by atoms with Gasteiger partial charge in [0.15, 0.2) is 5.82 Å². The molecule has 3 heterocycles. The standard InChI is InChI=1S/C34H36N6O4/c1-39-19-16-34(21-39,33(44)37-25-12-8-22(9-13-25)10-15-28(41)42)38-32(43)24-11-14-26-27(20-24)40(2)30(31-35-17-5-18-36-31)29(26)23-6-3-4-7-23/h5,8-15,17-18,20,23H,3-4,6-7,16,19,21H2,1-2H3,(H,37,44)(H,38,43)(H,41,42)/b15-10+/t34-/m0/s1. The van der Waals surface area contributed by atoms with E-state index in [0.717, 1.165) is 35.5 Å². The van der Waals surface area contributed by atoms with Crippen LogP contribution in [0.1, 0.15) is 59.5 Å². The summed E-state index contributed by atoms with van der Waals surface area (Å²) >= 11 is 0. The minimum absolute atomic E-state index is 0.295. The van der Waals surface area contributed by atoms with Crippen molar-refractivity contribution in [2.75, 3.05) is 25.5 Å². The number of likely N-dealkylation sites (N-methyl/N-ethyl adjacent to an activating group) is 1. The maximum atomic E-state index is 13.8. The highest BCUT2D eigenvalue weighted by Gasteiger charge is 2.45. The largest absolute Gasteiger partial charge is 0.478 e. The zero-order valence-electron chi connectivity index (χ0n) is 24.9. The number of carbonyl (C=O) groups is 3. The molecule has 2 aliphatic rings. The lowest BCUT2D eigenvalue weighted by atomic mass is 9.93. The highest BCUT2D eigenvalue weighted by molar-refractivity contribution is 6.06. The zero-order valence-corrected chi connectivity index (χ0v) is 24.9. The highest BCUT2D eigenvalue weighted by Crippen LogP contribution is 2.44. The van der Waals surface area contributed by atoms with Crippen LogP contribution in [0.15, 0.2) is 67.0 Å². The van der Waals surface area contributed by atoms with E-state index in [4.69, 9.17) is 5.11 Å².